The number of alkyl halides is 3. The molecule has 0 heterocycles. The number of carbonyl (C=O) groups is 1. The predicted octanol–water partition coefficient (Wildman–Crippen LogP) is 4.37. The van der Waals surface area contributed by atoms with Gasteiger partial charge in [0.25, 0.3) is 0 Å². The highest BCUT2D eigenvalue weighted by Gasteiger charge is 2.30. The van der Waals surface area contributed by atoms with Crippen LogP contribution in [0.5, 0.6) is 0 Å². The molecule has 116 valence electrons. The van der Waals surface area contributed by atoms with Gasteiger partial charge in [0.1, 0.15) is 0 Å². The number of rotatable bonds is 3. The van der Waals surface area contributed by atoms with E-state index in [2.05, 4.69) is 5.32 Å². The zero-order valence-corrected chi connectivity index (χ0v) is 11.9. The van der Waals surface area contributed by atoms with Gasteiger partial charge in [-0.1, -0.05) is 36.4 Å². The summed E-state index contributed by atoms with van der Waals surface area (Å²) in [5.41, 5.74) is 0.250. The molecule has 6 heteroatoms. The molecule has 3 nitrogen and oxygen atoms in total. The van der Waals surface area contributed by atoms with Crippen LogP contribution in [-0.4, -0.2) is 18.0 Å². The summed E-state index contributed by atoms with van der Waals surface area (Å²) in [5.74, 6) is 0. The zero-order valence-electron chi connectivity index (χ0n) is 11.9. The first-order valence-corrected chi connectivity index (χ1v) is 6.59. The standard InChI is InChI=1S/C16H15F3N2O/c1-21(11-12-6-3-2-4-7-12)15(22)20-14-9-5-8-13(10-14)16(17,18)19/h2-10H,11H2,1H3,(H,20,22). The number of nitrogens with one attached hydrogen (secondary N) is 1. The van der Waals surface area contributed by atoms with E-state index in [0.717, 1.165) is 17.7 Å². The highest BCUT2D eigenvalue weighted by atomic mass is 19.4. The second kappa shape index (κ2) is 6.51. The van der Waals surface area contributed by atoms with Gasteiger partial charge in [0, 0.05) is 19.3 Å². The van der Waals surface area contributed by atoms with Gasteiger partial charge in [0.2, 0.25) is 0 Å². The van der Waals surface area contributed by atoms with Crippen molar-refractivity contribution in [1.82, 2.24) is 4.90 Å². The zero-order chi connectivity index (χ0) is 16.2. The Labute approximate surface area is 126 Å². The van der Waals surface area contributed by atoms with Gasteiger partial charge in [-0.05, 0) is 23.8 Å². The summed E-state index contributed by atoms with van der Waals surface area (Å²) in [4.78, 5) is 13.4. The van der Waals surface area contributed by atoms with Crippen molar-refractivity contribution in [3.05, 3.63) is 65.7 Å². The fourth-order valence-corrected chi connectivity index (χ4v) is 1.92. The van der Waals surface area contributed by atoms with Crippen LogP contribution in [0.25, 0.3) is 0 Å². The number of benzene rings is 2. The molecule has 0 fully saturated rings. The molecule has 22 heavy (non-hydrogen) atoms. The highest BCUT2D eigenvalue weighted by Crippen LogP contribution is 2.30. The van der Waals surface area contributed by atoms with Crippen molar-refractivity contribution < 1.29 is 18.0 Å². The van der Waals surface area contributed by atoms with E-state index in [4.69, 9.17) is 0 Å². The van der Waals surface area contributed by atoms with Gasteiger partial charge >= 0.3 is 12.2 Å². The average Bonchev–Trinajstić information content (AvgIpc) is 2.47. The summed E-state index contributed by atoms with van der Waals surface area (Å²) in [6, 6.07) is 13.4. The van der Waals surface area contributed by atoms with E-state index in [-0.39, 0.29) is 5.69 Å². The summed E-state index contributed by atoms with van der Waals surface area (Å²) in [6.45, 7) is 0.367. The summed E-state index contributed by atoms with van der Waals surface area (Å²) >= 11 is 0. The molecule has 0 saturated carbocycles. The molecule has 1 N–H and O–H groups in total. The monoisotopic (exact) mass is 308 g/mol. The molecule has 0 atom stereocenters. The number of nitrogens with zero attached hydrogens (tertiary/aromatic N) is 1. The molecular formula is C16H15F3N2O. The molecule has 0 aromatic heterocycles. The SMILES string of the molecule is CN(Cc1ccccc1)C(=O)Nc1cccc(C(F)(F)F)c1. The number of hydrogen-bond donors (Lipinski definition) is 1. The predicted molar refractivity (Wildman–Crippen MR) is 78.4 cm³/mol. The highest BCUT2D eigenvalue weighted by molar-refractivity contribution is 5.89. The quantitative estimate of drug-likeness (QED) is 0.897. The lowest BCUT2D eigenvalue weighted by molar-refractivity contribution is -0.137. The van der Waals surface area contributed by atoms with Crippen molar-refractivity contribution in [3.63, 3.8) is 0 Å². The van der Waals surface area contributed by atoms with Crippen LogP contribution in [0.1, 0.15) is 11.1 Å². The van der Waals surface area contributed by atoms with E-state index in [0.29, 0.717) is 6.54 Å². The van der Waals surface area contributed by atoms with Gasteiger partial charge < -0.3 is 10.2 Å². The fourth-order valence-electron chi connectivity index (χ4n) is 1.92. The first-order chi connectivity index (χ1) is 10.4. The molecule has 2 rings (SSSR count). The number of urea groups is 1. The van der Waals surface area contributed by atoms with Crippen molar-refractivity contribution in [2.45, 2.75) is 12.7 Å². The fraction of sp³-hybridized carbons (Fsp3) is 0.188. The van der Waals surface area contributed by atoms with Gasteiger partial charge in [-0.15, -0.1) is 0 Å². The Kier molecular flexibility index (Phi) is 4.70. The van der Waals surface area contributed by atoms with Gasteiger partial charge in [0.15, 0.2) is 0 Å². The lowest BCUT2D eigenvalue weighted by Gasteiger charge is -2.18. The van der Waals surface area contributed by atoms with Gasteiger partial charge in [0.05, 0.1) is 5.56 Å². The molecule has 0 radical (unpaired) electrons. The van der Waals surface area contributed by atoms with Crippen LogP contribution in [-0.2, 0) is 12.7 Å². The normalized spacial score (nSPS) is 11.1. The maximum absolute atomic E-state index is 12.6. The Hall–Kier alpha value is -2.50. The first-order valence-electron chi connectivity index (χ1n) is 6.59. The lowest BCUT2D eigenvalue weighted by Crippen LogP contribution is -2.30. The molecule has 0 bridgehead atoms. The van der Waals surface area contributed by atoms with E-state index >= 15 is 0 Å². The van der Waals surface area contributed by atoms with Crippen molar-refractivity contribution >= 4 is 11.7 Å². The Morgan fingerprint density at radius 1 is 1.09 bits per heavy atom. The van der Waals surface area contributed by atoms with E-state index < -0.39 is 17.8 Å². The molecule has 0 saturated heterocycles. The molecule has 2 amide bonds. The van der Waals surface area contributed by atoms with Crippen LogP contribution < -0.4 is 5.32 Å². The van der Waals surface area contributed by atoms with E-state index in [9.17, 15) is 18.0 Å². The number of carbonyl (C=O) groups excluding carboxylic acids is 1. The van der Waals surface area contributed by atoms with E-state index in [1.54, 1.807) is 7.05 Å². The van der Waals surface area contributed by atoms with Crippen molar-refractivity contribution in [3.8, 4) is 0 Å². The molecule has 2 aromatic rings. The summed E-state index contributed by atoms with van der Waals surface area (Å²) in [5, 5.41) is 2.46. The maximum atomic E-state index is 12.6. The largest absolute Gasteiger partial charge is 0.416 e. The summed E-state index contributed by atoms with van der Waals surface area (Å²) in [7, 11) is 1.58. The average molecular weight is 308 g/mol. The minimum absolute atomic E-state index is 0.111. The van der Waals surface area contributed by atoms with Crippen LogP contribution in [0.2, 0.25) is 0 Å². The third-order valence-electron chi connectivity index (χ3n) is 3.05. The van der Waals surface area contributed by atoms with E-state index in [1.807, 2.05) is 30.3 Å². The molecule has 0 aliphatic heterocycles. The van der Waals surface area contributed by atoms with Gasteiger partial charge in [-0.2, -0.15) is 13.2 Å². The van der Waals surface area contributed by atoms with Crippen molar-refractivity contribution in [1.29, 1.82) is 0 Å². The van der Waals surface area contributed by atoms with Crippen LogP contribution in [0, 0.1) is 0 Å². The summed E-state index contributed by atoms with van der Waals surface area (Å²) < 4.78 is 37.9. The second-order valence-electron chi connectivity index (χ2n) is 4.85. The molecule has 0 spiro atoms. The van der Waals surface area contributed by atoms with Crippen LogP contribution in [0.3, 0.4) is 0 Å². The van der Waals surface area contributed by atoms with Gasteiger partial charge in [-0.3, -0.25) is 0 Å². The molecular weight excluding hydrogens is 293 g/mol. The minimum Gasteiger partial charge on any atom is -0.323 e. The van der Waals surface area contributed by atoms with E-state index in [1.165, 1.54) is 17.0 Å². The van der Waals surface area contributed by atoms with Gasteiger partial charge in [-0.25, -0.2) is 4.79 Å². The minimum atomic E-state index is -4.43. The topological polar surface area (TPSA) is 32.3 Å². The molecule has 0 unspecified atom stereocenters. The third-order valence-corrected chi connectivity index (χ3v) is 3.05. The van der Waals surface area contributed by atoms with Crippen LogP contribution in [0.15, 0.2) is 54.6 Å². The van der Waals surface area contributed by atoms with Crippen LogP contribution in [0.4, 0.5) is 23.7 Å². The molecule has 0 aliphatic rings. The second-order valence-corrected chi connectivity index (χ2v) is 4.85. The Morgan fingerprint density at radius 3 is 2.41 bits per heavy atom. The number of amides is 2. The maximum Gasteiger partial charge on any atom is 0.416 e. The molecule has 2 aromatic carbocycles. The lowest BCUT2D eigenvalue weighted by atomic mass is 10.2. The number of hydrogen-bond acceptors (Lipinski definition) is 1. The Morgan fingerprint density at radius 2 is 1.77 bits per heavy atom. The number of halogens is 3. The van der Waals surface area contributed by atoms with Crippen LogP contribution >= 0.6 is 0 Å². The number of anilines is 1. The first kappa shape index (κ1) is 15.9. The smallest absolute Gasteiger partial charge is 0.323 e. The van der Waals surface area contributed by atoms with Crippen molar-refractivity contribution in [2.24, 2.45) is 0 Å². The molecule has 0 aliphatic carbocycles. The summed E-state index contributed by atoms with van der Waals surface area (Å²) in [6.07, 6.45) is -4.43. The third kappa shape index (κ3) is 4.25. The van der Waals surface area contributed by atoms with Crippen molar-refractivity contribution in [2.75, 3.05) is 12.4 Å². The Balaban J connectivity index is 2.02. The Bertz CT molecular complexity index is 641.